The zero-order chi connectivity index (χ0) is 23.9. The number of benzene rings is 1. The number of thiophene rings is 1. The molecule has 12 heteroatoms. The predicted octanol–water partition coefficient (Wildman–Crippen LogP) is 2.86. The summed E-state index contributed by atoms with van der Waals surface area (Å²) >= 11 is 1.32. The van der Waals surface area contributed by atoms with Gasteiger partial charge in [-0.3, -0.25) is 4.79 Å². The van der Waals surface area contributed by atoms with Crippen LogP contribution in [0.2, 0.25) is 0 Å². The number of sulfonamides is 1. The first-order chi connectivity index (χ1) is 16.3. The van der Waals surface area contributed by atoms with Gasteiger partial charge < -0.3 is 19.3 Å². The minimum atomic E-state index is -3.68. The maximum atomic E-state index is 13.3. The zero-order valence-corrected chi connectivity index (χ0v) is 20.4. The van der Waals surface area contributed by atoms with Crippen molar-refractivity contribution in [3.63, 3.8) is 0 Å². The second-order valence-electron chi connectivity index (χ2n) is 8.25. The van der Waals surface area contributed by atoms with Crippen molar-refractivity contribution < 1.29 is 27.2 Å². The van der Waals surface area contributed by atoms with Gasteiger partial charge in [0.2, 0.25) is 34.4 Å². The lowest BCUT2D eigenvalue weighted by Crippen LogP contribution is -2.42. The lowest BCUT2D eigenvalue weighted by atomic mass is 9.97. The molecular weight excluding hydrogens is 480 g/mol. The van der Waals surface area contributed by atoms with Gasteiger partial charge in [0.1, 0.15) is 0 Å². The number of ether oxygens (including phenoxy) is 2. The average Bonchev–Trinajstić information content (AvgIpc) is 3.56. The molecule has 0 bridgehead atoms. The lowest BCUT2D eigenvalue weighted by Gasteiger charge is -2.30. The summed E-state index contributed by atoms with van der Waals surface area (Å²) in [4.78, 5) is 18.4. The molecule has 1 saturated heterocycles. The summed E-state index contributed by atoms with van der Waals surface area (Å²) in [6.45, 7) is 4.61. The van der Waals surface area contributed by atoms with E-state index in [1.807, 2.05) is 18.2 Å². The van der Waals surface area contributed by atoms with Gasteiger partial charge in [-0.15, -0.1) is 11.3 Å². The van der Waals surface area contributed by atoms with Gasteiger partial charge in [0, 0.05) is 37.4 Å². The van der Waals surface area contributed by atoms with E-state index in [4.69, 9.17) is 14.0 Å². The molecule has 2 aliphatic heterocycles. The summed E-state index contributed by atoms with van der Waals surface area (Å²) in [7, 11) is -3.68. The van der Waals surface area contributed by atoms with E-state index >= 15 is 0 Å². The number of nitrogens with zero attached hydrogens (tertiary/aromatic N) is 3. The molecule has 0 spiro atoms. The van der Waals surface area contributed by atoms with Crippen LogP contribution in [-0.4, -0.2) is 48.7 Å². The van der Waals surface area contributed by atoms with E-state index in [9.17, 15) is 13.2 Å². The Hall–Kier alpha value is -2.96. The van der Waals surface area contributed by atoms with E-state index in [0.717, 1.165) is 5.56 Å². The topological polar surface area (TPSA) is 124 Å². The molecule has 0 aliphatic carbocycles. The number of amides is 1. The van der Waals surface area contributed by atoms with Crippen molar-refractivity contribution in [3.8, 4) is 22.2 Å². The Morgan fingerprint density at radius 2 is 1.94 bits per heavy atom. The van der Waals surface area contributed by atoms with Crippen LogP contribution in [0.4, 0.5) is 0 Å². The molecule has 34 heavy (non-hydrogen) atoms. The van der Waals surface area contributed by atoms with Crippen LogP contribution in [-0.2, 0) is 21.4 Å². The Labute approximate surface area is 200 Å². The summed E-state index contributed by atoms with van der Waals surface area (Å²) in [6, 6.07) is 7.16. The highest BCUT2D eigenvalue weighted by Gasteiger charge is 2.34. The molecule has 180 valence electrons. The SMILES string of the molecule is Cc1nc(-c2cc(S(=O)(=O)N3CCC(C(=O)NCc4ccc5c(c4)OCO5)CC3)c(C)s2)no1. The number of rotatable bonds is 6. The molecule has 0 atom stereocenters. The smallest absolute Gasteiger partial charge is 0.244 e. The van der Waals surface area contributed by atoms with Gasteiger partial charge in [-0.05, 0) is 43.5 Å². The molecule has 0 saturated carbocycles. The molecule has 4 heterocycles. The average molecular weight is 505 g/mol. The number of hydrogen-bond donors (Lipinski definition) is 1. The van der Waals surface area contributed by atoms with Crippen LogP contribution in [0.3, 0.4) is 0 Å². The van der Waals surface area contributed by atoms with Crippen LogP contribution in [0.25, 0.3) is 10.7 Å². The number of piperidine rings is 1. The lowest BCUT2D eigenvalue weighted by molar-refractivity contribution is -0.126. The van der Waals surface area contributed by atoms with Crippen LogP contribution in [0.5, 0.6) is 11.5 Å². The fraction of sp³-hybridized carbons (Fsp3) is 0.409. The normalized spacial score (nSPS) is 16.6. The first-order valence-corrected chi connectivity index (χ1v) is 13.1. The third-order valence-electron chi connectivity index (χ3n) is 5.97. The number of nitrogens with one attached hydrogen (secondary N) is 1. The Morgan fingerprint density at radius 1 is 1.18 bits per heavy atom. The monoisotopic (exact) mass is 504 g/mol. The van der Waals surface area contributed by atoms with Crippen molar-refractivity contribution in [2.75, 3.05) is 19.9 Å². The Bertz CT molecular complexity index is 1320. The maximum absolute atomic E-state index is 13.3. The molecule has 1 aromatic carbocycles. The predicted molar refractivity (Wildman–Crippen MR) is 123 cm³/mol. The molecule has 0 unspecified atom stereocenters. The van der Waals surface area contributed by atoms with E-state index in [0.29, 0.717) is 52.4 Å². The van der Waals surface area contributed by atoms with Crippen LogP contribution < -0.4 is 14.8 Å². The molecular formula is C22H24N4O6S2. The van der Waals surface area contributed by atoms with Crippen LogP contribution in [0.1, 0.15) is 29.2 Å². The standard InChI is InChI=1S/C22H24N4O6S2/c1-13-20(10-19(33-13)21-24-14(2)32-25-21)34(28,29)26-7-5-16(6-8-26)22(27)23-11-15-3-4-17-18(9-15)31-12-30-17/h3-4,9-10,16H,5-8,11-12H2,1-2H3,(H,23,27). The van der Waals surface area contributed by atoms with Gasteiger partial charge in [0.15, 0.2) is 11.5 Å². The maximum Gasteiger partial charge on any atom is 0.244 e. The highest BCUT2D eigenvalue weighted by Crippen LogP contribution is 2.35. The van der Waals surface area contributed by atoms with Crippen LogP contribution in [0.15, 0.2) is 33.7 Å². The molecule has 1 amide bonds. The van der Waals surface area contributed by atoms with Crippen molar-refractivity contribution in [2.45, 2.75) is 38.1 Å². The molecule has 10 nitrogen and oxygen atoms in total. The van der Waals surface area contributed by atoms with Crippen molar-refractivity contribution in [1.82, 2.24) is 19.8 Å². The fourth-order valence-corrected chi connectivity index (χ4v) is 7.07. The fourth-order valence-electron chi connectivity index (χ4n) is 4.11. The highest BCUT2D eigenvalue weighted by atomic mass is 32.2. The summed E-state index contributed by atoms with van der Waals surface area (Å²) in [5.41, 5.74) is 0.915. The molecule has 5 rings (SSSR count). The Morgan fingerprint density at radius 3 is 2.68 bits per heavy atom. The number of aryl methyl sites for hydroxylation is 2. The van der Waals surface area contributed by atoms with Crippen molar-refractivity contribution in [1.29, 1.82) is 0 Å². The van der Waals surface area contributed by atoms with E-state index in [1.165, 1.54) is 15.6 Å². The summed E-state index contributed by atoms with van der Waals surface area (Å²) in [5, 5.41) is 6.83. The Kier molecular flexibility index (Phi) is 6.04. The van der Waals surface area contributed by atoms with Crippen molar-refractivity contribution >= 4 is 27.3 Å². The van der Waals surface area contributed by atoms with E-state index < -0.39 is 10.0 Å². The van der Waals surface area contributed by atoms with Crippen LogP contribution >= 0.6 is 11.3 Å². The van der Waals surface area contributed by atoms with E-state index in [2.05, 4.69) is 15.5 Å². The molecule has 3 aromatic rings. The van der Waals surface area contributed by atoms with Gasteiger partial charge in [0.05, 0.1) is 9.77 Å². The quantitative estimate of drug-likeness (QED) is 0.544. The third kappa shape index (κ3) is 4.40. The third-order valence-corrected chi connectivity index (χ3v) is 9.17. The molecule has 1 fully saturated rings. The molecule has 0 radical (unpaired) electrons. The van der Waals surface area contributed by atoms with Crippen LogP contribution in [0, 0.1) is 19.8 Å². The zero-order valence-electron chi connectivity index (χ0n) is 18.7. The van der Waals surface area contributed by atoms with Gasteiger partial charge in [-0.1, -0.05) is 11.2 Å². The van der Waals surface area contributed by atoms with Crippen molar-refractivity contribution in [3.05, 3.63) is 40.6 Å². The first-order valence-electron chi connectivity index (χ1n) is 10.9. The largest absolute Gasteiger partial charge is 0.454 e. The molecule has 2 aromatic heterocycles. The minimum Gasteiger partial charge on any atom is -0.454 e. The summed E-state index contributed by atoms with van der Waals surface area (Å²) < 4.78 is 43.7. The first kappa shape index (κ1) is 22.8. The number of carbonyl (C=O) groups excluding carboxylic acids is 1. The van der Waals surface area contributed by atoms with Gasteiger partial charge in [-0.25, -0.2) is 8.42 Å². The van der Waals surface area contributed by atoms with E-state index in [-0.39, 0.29) is 36.6 Å². The number of fused-ring (bicyclic) bond motifs is 1. The molecule has 2 aliphatic rings. The van der Waals surface area contributed by atoms with E-state index in [1.54, 1.807) is 19.9 Å². The second kappa shape index (κ2) is 9.01. The van der Waals surface area contributed by atoms with Gasteiger partial charge in [-0.2, -0.15) is 9.29 Å². The molecule has 1 N–H and O–H groups in total. The summed E-state index contributed by atoms with van der Waals surface area (Å²) in [6.07, 6.45) is 0.929. The number of hydrogen-bond acceptors (Lipinski definition) is 9. The number of aromatic nitrogens is 2. The van der Waals surface area contributed by atoms with Crippen molar-refractivity contribution in [2.24, 2.45) is 5.92 Å². The van der Waals surface area contributed by atoms with Gasteiger partial charge >= 0.3 is 0 Å². The minimum absolute atomic E-state index is 0.0730. The van der Waals surface area contributed by atoms with Gasteiger partial charge in [0.25, 0.3) is 0 Å². The summed E-state index contributed by atoms with van der Waals surface area (Å²) in [5.74, 6) is 1.86. The second-order valence-corrected chi connectivity index (χ2v) is 11.4. The Balaban J connectivity index is 1.19. The number of carbonyl (C=O) groups is 1. The highest BCUT2D eigenvalue weighted by molar-refractivity contribution is 7.89.